The summed E-state index contributed by atoms with van der Waals surface area (Å²) in [7, 11) is 1.93. The third-order valence-electron chi connectivity index (χ3n) is 2.51. The van der Waals surface area contributed by atoms with E-state index in [2.05, 4.69) is 15.9 Å². The summed E-state index contributed by atoms with van der Waals surface area (Å²) < 4.78 is 13.6. The van der Waals surface area contributed by atoms with Crippen LogP contribution in [0.1, 0.15) is 12.5 Å². The second-order valence-electron chi connectivity index (χ2n) is 3.73. The van der Waals surface area contributed by atoms with Crippen LogP contribution >= 0.6 is 28.1 Å². The number of nitrogens with two attached hydrogens (primary N) is 1. The molecule has 0 spiro atoms. The summed E-state index contributed by atoms with van der Waals surface area (Å²) in [4.78, 5) is 2.47. The van der Waals surface area contributed by atoms with Gasteiger partial charge in [-0.25, -0.2) is 4.39 Å². The third kappa shape index (κ3) is 3.50. The monoisotopic (exact) mass is 304 g/mol. The van der Waals surface area contributed by atoms with Crippen molar-refractivity contribution >= 4 is 33.1 Å². The molecule has 1 atom stereocenters. The van der Waals surface area contributed by atoms with Crippen molar-refractivity contribution in [1.29, 1.82) is 0 Å². The molecule has 5 heteroatoms. The fourth-order valence-electron chi connectivity index (χ4n) is 1.27. The lowest BCUT2D eigenvalue weighted by atomic mass is 10.2. The van der Waals surface area contributed by atoms with Crippen LogP contribution in [0, 0.1) is 5.82 Å². The van der Waals surface area contributed by atoms with E-state index in [0.29, 0.717) is 11.5 Å². The lowest BCUT2D eigenvalue weighted by Gasteiger charge is -2.24. The predicted molar refractivity (Wildman–Crippen MR) is 71.8 cm³/mol. The first-order chi connectivity index (χ1) is 7.41. The lowest BCUT2D eigenvalue weighted by Crippen LogP contribution is -2.38. The molecule has 1 aromatic carbocycles. The maximum Gasteiger partial charge on any atom is 0.124 e. The van der Waals surface area contributed by atoms with Crippen molar-refractivity contribution in [1.82, 2.24) is 4.90 Å². The Labute approximate surface area is 109 Å². The van der Waals surface area contributed by atoms with E-state index in [-0.39, 0.29) is 11.9 Å². The fourth-order valence-corrected chi connectivity index (χ4v) is 1.93. The maximum atomic E-state index is 12.9. The van der Waals surface area contributed by atoms with Crippen LogP contribution in [0.25, 0.3) is 0 Å². The maximum absolute atomic E-state index is 12.9. The van der Waals surface area contributed by atoms with Crippen LogP contribution in [-0.2, 0) is 6.54 Å². The van der Waals surface area contributed by atoms with Crippen LogP contribution in [-0.4, -0.2) is 23.0 Å². The number of nitrogens with zero attached hydrogens (tertiary/aromatic N) is 1. The van der Waals surface area contributed by atoms with E-state index in [1.165, 1.54) is 12.1 Å². The van der Waals surface area contributed by atoms with E-state index in [9.17, 15) is 4.39 Å². The minimum atomic E-state index is -0.249. The Balaban J connectivity index is 2.77. The van der Waals surface area contributed by atoms with Crippen molar-refractivity contribution in [2.45, 2.75) is 19.5 Å². The van der Waals surface area contributed by atoms with Gasteiger partial charge in [-0.15, -0.1) is 0 Å². The van der Waals surface area contributed by atoms with Crippen LogP contribution in [0.5, 0.6) is 0 Å². The van der Waals surface area contributed by atoms with E-state index in [4.69, 9.17) is 18.0 Å². The van der Waals surface area contributed by atoms with Gasteiger partial charge in [0.25, 0.3) is 0 Å². The van der Waals surface area contributed by atoms with Crippen LogP contribution in [0.3, 0.4) is 0 Å². The first kappa shape index (κ1) is 13.5. The van der Waals surface area contributed by atoms with Gasteiger partial charge in [-0.05, 0) is 31.7 Å². The van der Waals surface area contributed by atoms with Gasteiger partial charge in [0.15, 0.2) is 0 Å². The minimum Gasteiger partial charge on any atom is -0.392 e. The van der Waals surface area contributed by atoms with Gasteiger partial charge in [0.2, 0.25) is 0 Å². The topological polar surface area (TPSA) is 29.3 Å². The molecular formula is C11H14BrFN2S. The van der Waals surface area contributed by atoms with Gasteiger partial charge in [-0.1, -0.05) is 34.2 Å². The molecule has 1 aromatic rings. The zero-order valence-electron chi connectivity index (χ0n) is 9.21. The number of thiocarbonyl (C=S) groups is 1. The van der Waals surface area contributed by atoms with Crippen molar-refractivity contribution in [3.63, 3.8) is 0 Å². The molecule has 88 valence electrons. The number of likely N-dealkylation sites (N-methyl/N-ethyl adjacent to an activating group) is 1. The van der Waals surface area contributed by atoms with Gasteiger partial charge in [0, 0.05) is 11.0 Å². The molecule has 0 radical (unpaired) electrons. The normalized spacial score (nSPS) is 12.8. The molecule has 16 heavy (non-hydrogen) atoms. The van der Waals surface area contributed by atoms with E-state index in [1.54, 1.807) is 6.07 Å². The van der Waals surface area contributed by atoms with Crippen molar-refractivity contribution in [2.24, 2.45) is 5.73 Å². The molecule has 1 unspecified atom stereocenters. The van der Waals surface area contributed by atoms with Gasteiger partial charge in [-0.3, -0.25) is 4.90 Å². The SMILES string of the molecule is CC(C(N)=S)N(C)Cc1ccc(F)cc1Br. The molecule has 0 bridgehead atoms. The molecule has 0 aliphatic rings. The summed E-state index contributed by atoms with van der Waals surface area (Å²) in [6.07, 6.45) is 0. The number of benzene rings is 1. The largest absolute Gasteiger partial charge is 0.392 e. The Kier molecular flexibility index (Phi) is 4.83. The first-order valence-corrected chi connectivity index (χ1v) is 6.05. The Hall–Kier alpha value is -0.520. The predicted octanol–water partition coefficient (Wildman–Crippen LogP) is 2.69. The van der Waals surface area contributed by atoms with E-state index in [0.717, 1.165) is 10.0 Å². The van der Waals surface area contributed by atoms with Gasteiger partial charge in [0.05, 0.1) is 11.0 Å². The quantitative estimate of drug-likeness (QED) is 0.867. The molecule has 0 aliphatic heterocycles. The summed E-state index contributed by atoms with van der Waals surface area (Å²) in [5.41, 5.74) is 6.58. The minimum absolute atomic E-state index is 0.0203. The zero-order valence-corrected chi connectivity index (χ0v) is 11.6. The highest BCUT2D eigenvalue weighted by Gasteiger charge is 2.13. The van der Waals surface area contributed by atoms with E-state index < -0.39 is 0 Å². The number of halogens is 2. The highest BCUT2D eigenvalue weighted by Crippen LogP contribution is 2.19. The zero-order chi connectivity index (χ0) is 12.3. The molecule has 0 amide bonds. The molecule has 0 fully saturated rings. The van der Waals surface area contributed by atoms with Crippen molar-refractivity contribution in [3.8, 4) is 0 Å². The molecule has 0 heterocycles. The first-order valence-electron chi connectivity index (χ1n) is 4.85. The second-order valence-corrected chi connectivity index (χ2v) is 5.05. The Morgan fingerprint density at radius 2 is 2.25 bits per heavy atom. The highest BCUT2D eigenvalue weighted by atomic mass is 79.9. The van der Waals surface area contributed by atoms with Crippen molar-refractivity contribution < 1.29 is 4.39 Å². The van der Waals surface area contributed by atoms with E-state index >= 15 is 0 Å². The summed E-state index contributed by atoms with van der Waals surface area (Å²) >= 11 is 8.26. The third-order valence-corrected chi connectivity index (χ3v) is 3.59. The molecule has 0 aromatic heterocycles. The van der Waals surface area contributed by atoms with Crippen molar-refractivity contribution in [3.05, 3.63) is 34.1 Å². The van der Waals surface area contributed by atoms with Crippen LogP contribution < -0.4 is 5.73 Å². The van der Waals surface area contributed by atoms with Gasteiger partial charge >= 0.3 is 0 Å². The van der Waals surface area contributed by atoms with E-state index in [1.807, 2.05) is 18.9 Å². The standard InChI is InChI=1S/C11H14BrFN2S/c1-7(11(14)16)15(2)6-8-3-4-9(13)5-10(8)12/h3-5,7H,6H2,1-2H3,(H2,14,16). The number of hydrogen-bond acceptors (Lipinski definition) is 2. The molecule has 0 saturated heterocycles. The van der Waals surface area contributed by atoms with Crippen molar-refractivity contribution in [2.75, 3.05) is 7.05 Å². The molecule has 0 saturated carbocycles. The lowest BCUT2D eigenvalue weighted by molar-refractivity contribution is 0.303. The smallest absolute Gasteiger partial charge is 0.124 e. The van der Waals surface area contributed by atoms with Gasteiger partial charge < -0.3 is 5.73 Å². The Bertz CT molecular complexity index is 398. The van der Waals surface area contributed by atoms with Gasteiger partial charge in [-0.2, -0.15) is 0 Å². The molecule has 2 N–H and O–H groups in total. The molecule has 1 rings (SSSR count). The number of rotatable bonds is 4. The summed E-state index contributed by atoms with van der Waals surface area (Å²) in [6.45, 7) is 2.61. The van der Waals surface area contributed by atoms with Crippen LogP contribution in [0.4, 0.5) is 4.39 Å². The fraction of sp³-hybridized carbons (Fsp3) is 0.364. The van der Waals surface area contributed by atoms with Crippen LogP contribution in [0.15, 0.2) is 22.7 Å². The summed E-state index contributed by atoms with van der Waals surface area (Å²) in [5, 5.41) is 0. The van der Waals surface area contributed by atoms with Crippen LogP contribution in [0.2, 0.25) is 0 Å². The molecular weight excluding hydrogens is 291 g/mol. The highest BCUT2D eigenvalue weighted by molar-refractivity contribution is 9.10. The second kappa shape index (κ2) is 5.70. The molecule has 2 nitrogen and oxygen atoms in total. The average molecular weight is 305 g/mol. The Morgan fingerprint density at radius 1 is 1.62 bits per heavy atom. The summed E-state index contributed by atoms with van der Waals surface area (Å²) in [6, 6.07) is 4.67. The number of hydrogen-bond donors (Lipinski definition) is 1. The average Bonchev–Trinajstić information content (AvgIpc) is 2.20. The Morgan fingerprint density at radius 3 is 2.75 bits per heavy atom. The van der Waals surface area contributed by atoms with Gasteiger partial charge in [0.1, 0.15) is 5.82 Å². The molecule has 0 aliphatic carbocycles. The summed E-state index contributed by atoms with van der Waals surface area (Å²) in [5.74, 6) is -0.249.